The first kappa shape index (κ1) is 18.1. The number of nitrogens with zero attached hydrogens (tertiary/aromatic N) is 7. The third kappa shape index (κ3) is 3.85. The Morgan fingerprint density at radius 2 is 1.61 bits per heavy atom. The molecular weight excluding hydrogens is 354 g/mol. The minimum Gasteiger partial charge on any atom is -0.480 e. The summed E-state index contributed by atoms with van der Waals surface area (Å²) in [6.45, 7) is 5.52. The summed E-state index contributed by atoms with van der Waals surface area (Å²) in [4.78, 5) is 26.8. The SMILES string of the molecule is CCc1cc(N2CCN(c3cncc(OC)n3)CC2)nc(-c2ccncc2)n1. The Labute approximate surface area is 164 Å². The largest absolute Gasteiger partial charge is 0.480 e. The van der Waals surface area contributed by atoms with Crippen LogP contribution in [-0.4, -0.2) is 58.2 Å². The van der Waals surface area contributed by atoms with Crippen LogP contribution in [0.5, 0.6) is 5.88 Å². The first-order chi connectivity index (χ1) is 13.8. The molecule has 144 valence electrons. The van der Waals surface area contributed by atoms with Crippen LogP contribution in [0.2, 0.25) is 0 Å². The Balaban J connectivity index is 1.52. The van der Waals surface area contributed by atoms with E-state index in [-0.39, 0.29) is 0 Å². The van der Waals surface area contributed by atoms with Gasteiger partial charge < -0.3 is 14.5 Å². The Kier molecular flexibility index (Phi) is 5.27. The van der Waals surface area contributed by atoms with Gasteiger partial charge in [0.05, 0.1) is 19.5 Å². The number of ether oxygens (including phenoxy) is 1. The van der Waals surface area contributed by atoms with Crippen molar-refractivity contribution >= 4 is 11.6 Å². The summed E-state index contributed by atoms with van der Waals surface area (Å²) in [5, 5.41) is 0. The van der Waals surface area contributed by atoms with E-state index in [4.69, 9.17) is 14.7 Å². The number of rotatable bonds is 5. The number of hydrogen-bond donors (Lipinski definition) is 0. The molecule has 1 fully saturated rings. The van der Waals surface area contributed by atoms with E-state index in [1.807, 2.05) is 12.1 Å². The molecule has 0 aliphatic carbocycles. The molecule has 0 saturated carbocycles. The minimum absolute atomic E-state index is 0.533. The van der Waals surface area contributed by atoms with E-state index in [2.05, 4.69) is 37.7 Å². The van der Waals surface area contributed by atoms with Crippen molar-refractivity contribution in [3.05, 3.63) is 48.7 Å². The molecule has 0 unspecified atom stereocenters. The molecule has 0 radical (unpaired) electrons. The third-order valence-corrected chi connectivity index (χ3v) is 4.80. The molecule has 0 bridgehead atoms. The predicted octanol–water partition coefficient (Wildman–Crippen LogP) is 2.23. The van der Waals surface area contributed by atoms with Crippen LogP contribution in [0.3, 0.4) is 0 Å². The van der Waals surface area contributed by atoms with Gasteiger partial charge >= 0.3 is 0 Å². The molecule has 0 amide bonds. The Morgan fingerprint density at radius 3 is 2.29 bits per heavy atom. The van der Waals surface area contributed by atoms with Crippen LogP contribution >= 0.6 is 0 Å². The van der Waals surface area contributed by atoms with Gasteiger partial charge in [0.15, 0.2) is 11.6 Å². The molecule has 0 atom stereocenters. The molecule has 4 rings (SSSR count). The maximum Gasteiger partial charge on any atom is 0.233 e. The van der Waals surface area contributed by atoms with Crippen molar-refractivity contribution in [1.29, 1.82) is 0 Å². The van der Waals surface area contributed by atoms with Gasteiger partial charge in [0, 0.05) is 55.9 Å². The van der Waals surface area contributed by atoms with Gasteiger partial charge in [0.1, 0.15) is 5.82 Å². The zero-order valence-electron chi connectivity index (χ0n) is 16.1. The maximum atomic E-state index is 5.18. The average molecular weight is 377 g/mol. The number of pyridine rings is 1. The van der Waals surface area contributed by atoms with E-state index in [1.165, 1.54) is 0 Å². The third-order valence-electron chi connectivity index (χ3n) is 4.80. The van der Waals surface area contributed by atoms with Gasteiger partial charge in [-0.25, -0.2) is 9.97 Å². The van der Waals surface area contributed by atoms with Gasteiger partial charge in [-0.2, -0.15) is 4.98 Å². The summed E-state index contributed by atoms with van der Waals surface area (Å²) < 4.78 is 5.18. The van der Waals surface area contributed by atoms with Crippen LogP contribution in [0.25, 0.3) is 11.4 Å². The molecule has 1 aliphatic heterocycles. The standard InChI is InChI=1S/C20H23N7O/c1-3-16-12-17(25-20(23-16)15-4-6-21-7-5-15)26-8-10-27(11-9-26)18-13-22-14-19(24-18)28-2/h4-7,12-14H,3,8-11H2,1-2H3. The number of aromatic nitrogens is 5. The highest BCUT2D eigenvalue weighted by atomic mass is 16.5. The first-order valence-electron chi connectivity index (χ1n) is 9.41. The van der Waals surface area contributed by atoms with Crippen molar-refractivity contribution in [3.8, 4) is 17.3 Å². The lowest BCUT2D eigenvalue weighted by molar-refractivity contribution is 0.395. The number of piperazine rings is 1. The van der Waals surface area contributed by atoms with E-state index in [1.54, 1.807) is 31.9 Å². The second-order valence-electron chi connectivity index (χ2n) is 6.52. The second kappa shape index (κ2) is 8.16. The topological polar surface area (TPSA) is 80.2 Å². The quantitative estimate of drug-likeness (QED) is 0.670. The van der Waals surface area contributed by atoms with Gasteiger partial charge in [0.2, 0.25) is 5.88 Å². The molecule has 3 aromatic rings. The van der Waals surface area contributed by atoms with Gasteiger partial charge in [-0.15, -0.1) is 0 Å². The van der Waals surface area contributed by atoms with Crippen LogP contribution in [0.15, 0.2) is 43.0 Å². The van der Waals surface area contributed by atoms with Crippen molar-refractivity contribution in [2.45, 2.75) is 13.3 Å². The lowest BCUT2D eigenvalue weighted by atomic mass is 10.2. The summed E-state index contributed by atoms with van der Waals surface area (Å²) in [5.74, 6) is 3.09. The van der Waals surface area contributed by atoms with Gasteiger partial charge in [0.25, 0.3) is 0 Å². The number of methoxy groups -OCH3 is 1. The van der Waals surface area contributed by atoms with Crippen molar-refractivity contribution in [2.24, 2.45) is 0 Å². The van der Waals surface area contributed by atoms with Crippen molar-refractivity contribution in [1.82, 2.24) is 24.9 Å². The Hall–Kier alpha value is -3.29. The molecular formula is C20H23N7O. The zero-order chi connectivity index (χ0) is 19.3. The molecule has 8 nitrogen and oxygen atoms in total. The lowest BCUT2D eigenvalue weighted by Gasteiger charge is -2.36. The van der Waals surface area contributed by atoms with E-state index < -0.39 is 0 Å². The van der Waals surface area contributed by atoms with Crippen LogP contribution in [0.4, 0.5) is 11.6 Å². The highest BCUT2D eigenvalue weighted by molar-refractivity contribution is 5.57. The molecule has 3 aromatic heterocycles. The number of aryl methyl sites for hydroxylation is 1. The van der Waals surface area contributed by atoms with Crippen molar-refractivity contribution in [2.75, 3.05) is 43.1 Å². The van der Waals surface area contributed by atoms with Gasteiger partial charge in [-0.05, 0) is 18.6 Å². The molecule has 1 aliphatic rings. The van der Waals surface area contributed by atoms with Crippen LogP contribution < -0.4 is 14.5 Å². The molecule has 0 aromatic carbocycles. The second-order valence-corrected chi connectivity index (χ2v) is 6.52. The molecule has 4 heterocycles. The fourth-order valence-electron chi connectivity index (χ4n) is 3.21. The Bertz CT molecular complexity index is 927. The summed E-state index contributed by atoms with van der Waals surface area (Å²) in [5.41, 5.74) is 2.02. The minimum atomic E-state index is 0.533. The first-order valence-corrected chi connectivity index (χ1v) is 9.41. The van der Waals surface area contributed by atoms with Crippen LogP contribution in [0.1, 0.15) is 12.6 Å². The highest BCUT2D eigenvalue weighted by Gasteiger charge is 2.21. The highest BCUT2D eigenvalue weighted by Crippen LogP contribution is 2.23. The maximum absolute atomic E-state index is 5.18. The van der Waals surface area contributed by atoms with Crippen LogP contribution in [0, 0.1) is 0 Å². The van der Waals surface area contributed by atoms with E-state index in [0.29, 0.717) is 5.88 Å². The summed E-state index contributed by atoms with van der Waals surface area (Å²) >= 11 is 0. The smallest absolute Gasteiger partial charge is 0.233 e. The van der Waals surface area contributed by atoms with Crippen molar-refractivity contribution in [3.63, 3.8) is 0 Å². The predicted molar refractivity (Wildman–Crippen MR) is 108 cm³/mol. The Morgan fingerprint density at radius 1 is 0.893 bits per heavy atom. The van der Waals surface area contributed by atoms with Crippen molar-refractivity contribution < 1.29 is 4.74 Å². The molecule has 28 heavy (non-hydrogen) atoms. The number of hydrogen-bond acceptors (Lipinski definition) is 8. The van der Waals surface area contributed by atoms with Crippen LogP contribution in [-0.2, 0) is 6.42 Å². The van der Waals surface area contributed by atoms with E-state index in [0.717, 1.165) is 61.3 Å². The molecule has 0 N–H and O–H groups in total. The zero-order valence-corrected chi connectivity index (χ0v) is 16.1. The molecule has 8 heteroatoms. The van der Waals surface area contributed by atoms with Gasteiger partial charge in [-0.1, -0.05) is 6.92 Å². The van der Waals surface area contributed by atoms with E-state index in [9.17, 15) is 0 Å². The molecule has 1 saturated heterocycles. The fraction of sp³-hybridized carbons (Fsp3) is 0.350. The summed E-state index contributed by atoms with van der Waals surface area (Å²) in [6.07, 6.45) is 7.80. The van der Waals surface area contributed by atoms with E-state index >= 15 is 0 Å². The fourth-order valence-corrected chi connectivity index (χ4v) is 3.21. The lowest BCUT2D eigenvalue weighted by Crippen LogP contribution is -2.47. The summed E-state index contributed by atoms with van der Waals surface area (Å²) in [7, 11) is 1.60. The van der Waals surface area contributed by atoms with Gasteiger partial charge in [-0.3, -0.25) is 9.97 Å². The normalized spacial score (nSPS) is 14.2. The number of anilines is 2. The average Bonchev–Trinajstić information content (AvgIpc) is 2.79. The monoisotopic (exact) mass is 377 g/mol. The summed E-state index contributed by atoms with van der Waals surface area (Å²) in [6, 6.07) is 5.97. The molecule has 0 spiro atoms.